The molecule has 1 aromatic carbocycles. The summed E-state index contributed by atoms with van der Waals surface area (Å²) in [7, 11) is 0. The minimum Gasteiger partial charge on any atom is -0.480 e. The van der Waals surface area contributed by atoms with Crippen LogP contribution in [-0.2, 0) is 22.4 Å². The number of benzene rings is 1. The van der Waals surface area contributed by atoms with Gasteiger partial charge >= 0.3 is 5.97 Å². The van der Waals surface area contributed by atoms with Crippen LogP contribution in [0.2, 0.25) is 0 Å². The highest BCUT2D eigenvalue weighted by molar-refractivity contribution is 6.02. The molecule has 0 saturated heterocycles. The number of carboxylic acid groups (broad SMARTS) is 1. The Kier molecular flexibility index (Phi) is 2.98. The van der Waals surface area contributed by atoms with Gasteiger partial charge in [-0.25, -0.2) is 4.79 Å². The van der Waals surface area contributed by atoms with Gasteiger partial charge in [0.25, 0.3) is 0 Å². The number of H-pyrrole nitrogens is 1. The van der Waals surface area contributed by atoms with Gasteiger partial charge in [-0.15, -0.1) is 0 Å². The van der Waals surface area contributed by atoms with Crippen LogP contribution < -0.4 is 4.90 Å². The number of aromatic nitrogens is 2. The number of carbonyl (C=O) groups is 2. The molecule has 0 aliphatic carbocycles. The zero-order chi connectivity index (χ0) is 14.1. The number of carbonyl (C=O) groups excluding carboxylic acids is 1. The molecule has 0 spiro atoms. The van der Waals surface area contributed by atoms with Gasteiger partial charge in [-0.05, 0) is 17.7 Å². The second kappa shape index (κ2) is 4.80. The standard InChI is InChI=1S/C14H13N3O3/c18-13(8-10-5-6-15-16-10)17-11-4-2-1-3-9(11)7-12(17)14(19)20/h1-6,12H,7-8H2,(H,15,16)(H,19,20)/t12-/m0/s1. The first kappa shape index (κ1) is 12.4. The largest absolute Gasteiger partial charge is 0.480 e. The topological polar surface area (TPSA) is 86.3 Å². The Morgan fingerprint density at radius 3 is 2.85 bits per heavy atom. The Balaban J connectivity index is 1.92. The maximum absolute atomic E-state index is 12.4. The van der Waals surface area contributed by atoms with Crippen molar-refractivity contribution in [3.05, 3.63) is 47.8 Å². The SMILES string of the molecule is O=C(O)[C@@H]1Cc2ccccc2N1C(=O)Cc1ccn[nH]1. The highest BCUT2D eigenvalue weighted by Gasteiger charge is 2.38. The van der Waals surface area contributed by atoms with E-state index in [9.17, 15) is 14.7 Å². The fourth-order valence-electron chi connectivity index (χ4n) is 2.52. The minimum atomic E-state index is -0.987. The summed E-state index contributed by atoms with van der Waals surface area (Å²) >= 11 is 0. The number of carboxylic acids is 1. The van der Waals surface area contributed by atoms with Crippen molar-refractivity contribution in [2.24, 2.45) is 0 Å². The summed E-state index contributed by atoms with van der Waals surface area (Å²) in [6.45, 7) is 0. The minimum absolute atomic E-state index is 0.109. The number of hydrogen-bond donors (Lipinski definition) is 2. The lowest BCUT2D eigenvalue weighted by molar-refractivity contribution is -0.139. The third-order valence-corrected chi connectivity index (χ3v) is 3.43. The molecule has 20 heavy (non-hydrogen) atoms. The van der Waals surface area contributed by atoms with Gasteiger partial charge in [0.05, 0.1) is 6.42 Å². The average molecular weight is 271 g/mol. The molecule has 6 heteroatoms. The molecular weight excluding hydrogens is 258 g/mol. The second-order valence-corrected chi connectivity index (χ2v) is 4.71. The Morgan fingerprint density at radius 1 is 1.35 bits per heavy atom. The summed E-state index contributed by atoms with van der Waals surface area (Å²) in [5, 5.41) is 15.8. The Labute approximate surface area is 115 Å². The molecule has 3 rings (SSSR count). The van der Waals surface area contributed by atoms with Crippen LogP contribution in [0.5, 0.6) is 0 Å². The summed E-state index contributed by atoms with van der Waals surface area (Å²) in [6.07, 6.45) is 2.02. The summed E-state index contributed by atoms with van der Waals surface area (Å²) in [5.41, 5.74) is 2.24. The smallest absolute Gasteiger partial charge is 0.327 e. The van der Waals surface area contributed by atoms with Gasteiger partial charge in [-0.3, -0.25) is 14.8 Å². The molecule has 6 nitrogen and oxygen atoms in total. The van der Waals surface area contributed by atoms with Gasteiger partial charge < -0.3 is 5.11 Å². The number of fused-ring (bicyclic) bond motifs is 1. The number of nitrogens with zero attached hydrogens (tertiary/aromatic N) is 2. The van der Waals surface area contributed by atoms with E-state index in [1.54, 1.807) is 24.4 Å². The first-order chi connectivity index (χ1) is 9.66. The van der Waals surface area contributed by atoms with Crippen LogP contribution in [0.4, 0.5) is 5.69 Å². The monoisotopic (exact) mass is 271 g/mol. The van der Waals surface area contributed by atoms with Crippen molar-refractivity contribution in [1.82, 2.24) is 10.2 Å². The molecule has 2 N–H and O–H groups in total. The van der Waals surface area contributed by atoms with E-state index >= 15 is 0 Å². The normalized spacial score (nSPS) is 17.0. The maximum atomic E-state index is 12.4. The van der Waals surface area contributed by atoms with Crippen LogP contribution in [-0.4, -0.2) is 33.2 Å². The van der Waals surface area contributed by atoms with E-state index in [2.05, 4.69) is 10.2 Å². The summed E-state index contributed by atoms with van der Waals surface area (Å²) < 4.78 is 0. The zero-order valence-corrected chi connectivity index (χ0v) is 10.6. The van der Waals surface area contributed by atoms with E-state index in [1.807, 2.05) is 12.1 Å². The van der Waals surface area contributed by atoms with Crippen LogP contribution in [0.3, 0.4) is 0 Å². The number of nitrogens with one attached hydrogen (secondary N) is 1. The van der Waals surface area contributed by atoms with Crippen LogP contribution in [0, 0.1) is 0 Å². The summed E-state index contributed by atoms with van der Waals surface area (Å²) in [6, 6.07) is 8.16. The third-order valence-electron chi connectivity index (χ3n) is 3.43. The molecule has 0 radical (unpaired) electrons. The number of para-hydroxylation sites is 1. The van der Waals surface area contributed by atoms with Crippen molar-refractivity contribution >= 4 is 17.6 Å². The van der Waals surface area contributed by atoms with Crippen molar-refractivity contribution in [2.75, 3.05) is 4.90 Å². The quantitative estimate of drug-likeness (QED) is 0.871. The van der Waals surface area contributed by atoms with Crippen molar-refractivity contribution in [2.45, 2.75) is 18.9 Å². The van der Waals surface area contributed by atoms with E-state index in [0.29, 0.717) is 17.8 Å². The number of hydrogen-bond acceptors (Lipinski definition) is 3. The van der Waals surface area contributed by atoms with Gasteiger partial charge in [0.2, 0.25) is 5.91 Å². The zero-order valence-electron chi connectivity index (χ0n) is 10.6. The molecule has 2 aromatic rings. The Hall–Kier alpha value is -2.63. The molecule has 102 valence electrons. The lowest BCUT2D eigenvalue weighted by atomic mass is 10.1. The molecule has 0 bridgehead atoms. The Morgan fingerprint density at radius 2 is 2.15 bits per heavy atom. The maximum Gasteiger partial charge on any atom is 0.327 e. The number of anilines is 1. The van der Waals surface area contributed by atoms with Crippen LogP contribution in [0.1, 0.15) is 11.3 Å². The predicted molar refractivity (Wildman–Crippen MR) is 71.3 cm³/mol. The van der Waals surface area contributed by atoms with E-state index in [1.165, 1.54) is 4.90 Å². The van der Waals surface area contributed by atoms with Crippen molar-refractivity contribution in [1.29, 1.82) is 0 Å². The number of amides is 1. The van der Waals surface area contributed by atoms with Gasteiger partial charge in [0.1, 0.15) is 6.04 Å². The van der Waals surface area contributed by atoms with Gasteiger partial charge in [-0.2, -0.15) is 5.10 Å². The third kappa shape index (κ3) is 2.05. The number of aliphatic carboxylic acids is 1. The van der Waals surface area contributed by atoms with E-state index in [0.717, 1.165) is 5.56 Å². The first-order valence-electron chi connectivity index (χ1n) is 6.28. The highest BCUT2D eigenvalue weighted by atomic mass is 16.4. The van der Waals surface area contributed by atoms with Gasteiger partial charge in [0, 0.05) is 24.0 Å². The van der Waals surface area contributed by atoms with Crippen LogP contribution in [0.15, 0.2) is 36.5 Å². The fourth-order valence-corrected chi connectivity index (χ4v) is 2.52. The number of aromatic amines is 1. The van der Waals surface area contributed by atoms with E-state index in [-0.39, 0.29) is 12.3 Å². The lowest BCUT2D eigenvalue weighted by Gasteiger charge is -2.22. The van der Waals surface area contributed by atoms with Gasteiger partial charge in [-0.1, -0.05) is 18.2 Å². The van der Waals surface area contributed by atoms with Crippen molar-refractivity contribution in [3.63, 3.8) is 0 Å². The lowest BCUT2D eigenvalue weighted by Crippen LogP contribution is -2.43. The molecule has 1 aliphatic rings. The van der Waals surface area contributed by atoms with Crippen LogP contribution >= 0.6 is 0 Å². The molecule has 0 unspecified atom stereocenters. The van der Waals surface area contributed by atoms with Gasteiger partial charge in [0.15, 0.2) is 0 Å². The first-order valence-corrected chi connectivity index (χ1v) is 6.28. The molecule has 1 amide bonds. The highest BCUT2D eigenvalue weighted by Crippen LogP contribution is 2.32. The van der Waals surface area contributed by atoms with Crippen LogP contribution in [0.25, 0.3) is 0 Å². The molecule has 1 aliphatic heterocycles. The summed E-state index contributed by atoms with van der Waals surface area (Å²) in [5.74, 6) is -1.23. The average Bonchev–Trinajstić information content (AvgIpc) is 3.04. The molecule has 2 heterocycles. The predicted octanol–water partition coefficient (Wildman–Crippen LogP) is 0.995. The fraction of sp³-hybridized carbons (Fsp3) is 0.214. The molecular formula is C14H13N3O3. The molecule has 0 fully saturated rings. The summed E-state index contributed by atoms with van der Waals surface area (Å²) in [4.78, 5) is 25.2. The van der Waals surface area contributed by atoms with Crippen molar-refractivity contribution < 1.29 is 14.7 Å². The van der Waals surface area contributed by atoms with E-state index < -0.39 is 12.0 Å². The van der Waals surface area contributed by atoms with Crippen molar-refractivity contribution in [3.8, 4) is 0 Å². The Bertz CT molecular complexity index is 651. The van der Waals surface area contributed by atoms with E-state index in [4.69, 9.17) is 0 Å². The molecule has 1 aromatic heterocycles. The second-order valence-electron chi connectivity index (χ2n) is 4.71. The number of rotatable bonds is 3. The molecule has 0 saturated carbocycles. The molecule has 1 atom stereocenters.